The molecule has 0 radical (unpaired) electrons. The Morgan fingerprint density at radius 1 is 1.18 bits per heavy atom. The number of fused-ring (bicyclic) bond motifs is 3. The van der Waals surface area contributed by atoms with Gasteiger partial charge in [-0.1, -0.05) is 13.0 Å². The number of rotatable bonds is 12. The van der Waals surface area contributed by atoms with Crippen molar-refractivity contribution < 1.29 is 24.2 Å². The van der Waals surface area contributed by atoms with E-state index < -0.39 is 12.1 Å². The number of ketones is 1. The van der Waals surface area contributed by atoms with Crippen LogP contribution in [-0.2, 0) is 21.3 Å². The molecule has 40 heavy (non-hydrogen) atoms. The lowest BCUT2D eigenvalue weighted by Gasteiger charge is -2.25. The van der Waals surface area contributed by atoms with Crippen LogP contribution in [0.15, 0.2) is 36.8 Å². The highest BCUT2D eigenvalue weighted by Gasteiger charge is 2.31. The summed E-state index contributed by atoms with van der Waals surface area (Å²) in [5.74, 6) is -0.553. The van der Waals surface area contributed by atoms with Gasteiger partial charge in [-0.05, 0) is 31.4 Å². The van der Waals surface area contributed by atoms with Gasteiger partial charge >= 0.3 is 5.97 Å². The highest BCUT2D eigenvalue weighted by Crippen LogP contribution is 2.36. The fraction of sp³-hybridized carbons (Fsp3) is 0.429. The van der Waals surface area contributed by atoms with Gasteiger partial charge in [-0.2, -0.15) is 14.7 Å². The molecule has 1 aliphatic rings. The maximum absolute atomic E-state index is 13.2. The van der Waals surface area contributed by atoms with Gasteiger partial charge in [-0.3, -0.25) is 14.5 Å². The van der Waals surface area contributed by atoms with Crippen LogP contribution in [-0.4, -0.2) is 79.2 Å². The van der Waals surface area contributed by atoms with E-state index in [1.54, 1.807) is 21.6 Å². The first kappa shape index (κ1) is 27.4. The van der Waals surface area contributed by atoms with E-state index >= 15 is 0 Å². The molecule has 4 aromatic heterocycles. The number of nitrogens with one attached hydrogen (secondary N) is 1. The zero-order chi connectivity index (χ0) is 28.2. The van der Waals surface area contributed by atoms with Crippen LogP contribution in [0.4, 0.5) is 5.82 Å². The molecule has 2 N–H and O–H groups in total. The molecule has 0 amide bonds. The highest BCUT2D eigenvalue weighted by molar-refractivity contribution is 6.04. The highest BCUT2D eigenvalue weighted by atomic mass is 16.5. The van der Waals surface area contributed by atoms with Crippen molar-refractivity contribution in [2.24, 2.45) is 7.05 Å². The normalized spacial score (nSPS) is 14.6. The number of hydrogen-bond donors (Lipinski definition) is 2. The minimum absolute atomic E-state index is 0.00107. The SMILES string of the molecule is CCC(CC[C@H](OCCOC)C(=O)O)c1nc2c(-c3ccc(-c4ccn(C)n4)nc3)cnn2c2c1C(=O)CCN2. The monoisotopic (exact) mass is 547 g/mol. The molecule has 0 aliphatic carbocycles. The summed E-state index contributed by atoms with van der Waals surface area (Å²) in [6.07, 6.45) is 6.22. The van der Waals surface area contributed by atoms with Crippen molar-refractivity contribution in [2.75, 3.05) is 32.2 Å². The van der Waals surface area contributed by atoms with Crippen LogP contribution in [0.5, 0.6) is 0 Å². The molecule has 1 unspecified atom stereocenters. The summed E-state index contributed by atoms with van der Waals surface area (Å²) in [5.41, 5.74) is 4.94. The van der Waals surface area contributed by atoms with Crippen molar-refractivity contribution in [3.05, 3.63) is 48.0 Å². The Balaban J connectivity index is 1.51. The molecule has 0 saturated heterocycles. The molecule has 2 atom stereocenters. The van der Waals surface area contributed by atoms with Crippen LogP contribution >= 0.6 is 0 Å². The lowest BCUT2D eigenvalue weighted by Crippen LogP contribution is -2.27. The molecule has 12 nitrogen and oxygen atoms in total. The first-order chi connectivity index (χ1) is 19.4. The van der Waals surface area contributed by atoms with Gasteiger partial charge in [-0.15, -0.1) is 0 Å². The number of aryl methyl sites for hydroxylation is 1. The molecule has 12 heteroatoms. The number of aromatic nitrogens is 6. The van der Waals surface area contributed by atoms with E-state index in [4.69, 9.17) is 14.5 Å². The molecule has 0 aromatic carbocycles. The van der Waals surface area contributed by atoms with Gasteiger partial charge in [0.25, 0.3) is 0 Å². The smallest absolute Gasteiger partial charge is 0.332 e. The van der Waals surface area contributed by atoms with E-state index in [1.165, 1.54) is 7.11 Å². The predicted octanol–water partition coefficient (Wildman–Crippen LogP) is 3.58. The number of hydrogen-bond acceptors (Lipinski definition) is 9. The minimum atomic E-state index is -1.02. The van der Waals surface area contributed by atoms with Crippen molar-refractivity contribution in [1.82, 2.24) is 29.4 Å². The van der Waals surface area contributed by atoms with E-state index in [9.17, 15) is 14.7 Å². The summed E-state index contributed by atoms with van der Waals surface area (Å²) in [7, 11) is 3.40. The van der Waals surface area contributed by atoms with Crippen molar-refractivity contribution in [3.8, 4) is 22.5 Å². The fourth-order valence-electron chi connectivity index (χ4n) is 5.06. The number of carbonyl (C=O) groups excluding carboxylic acids is 1. The third-order valence-electron chi connectivity index (χ3n) is 7.19. The number of aliphatic carboxylic acids is 1. The second-order valence-electron chi connectivity index (χ2n) is 9.79. The first-order valence-corrected chi connectivity index (χ1v) is 13.4. The van der Waals surface area contributed by atoms with Gasteiger partial charge in [0.05, 0.1) is 36.4 Å². The first-order valence-electron chi connectivity index (χ1n) is 13.4. The van der Waals surface area contributed by atoms with Crippen molar-refractivity contribution in [3.63, 3.8) is 0 Å². The van der Waals surface area contributed by atoms with E-state index in [0.717, 1.165) is 22.5 Å². The van der Waals surface area contributed by atoms with Crippen LogP contribution in [0.1, 0.15) is 54.6 Å². The number of nitrogens with zero attached hydrogens (tertiary/aromatic N) is 6. The molecular weight excluding hydrogens is 514 g/mol. The second-order valence-corrected chi connectivity index (χ2v) is 9.79. The van der Waals surface area contributed by atoms with Gasteiger partial charge in [-0.25, -0.2) is 9.78 Å². The van der Waals surface area contributed by atoms with E-state index in [1.807, 2.05) is 38.4 Å². The summed E-state index contributed by atoms with van der Waals surface area (Å²) in [5, 5.41) is 22.0. The molecule has 5 rings (SSSR count). The van der Waals surface area contributed by atoms with E-state index in [2.05, 4.69) is 20.5 Å². The van der Waals surface area contributed by atoms with Gasteiger partial charge in [0, 0.05) is 56.6 Å². The number of carbonyl (C=O) groups is 2. The summed E-state index contributed by atoms with van der Waals surface area (Å²) in [6.45, 7) is 3.03. The number of Topliss-reactive ketones (excluding diaryl/α,β-unsaturated/α-hetero) is 1. The Morgan fingerprint density at radius 2 is 2.02 bits per heavy atom. The largest absolute Gasteiger partial charge is 0.479 e. The number of ether oxygens (including phenoxy) is 2. The van der Waals surface area contributed by atoms with Gasteiger partial charge < -0.3 is 19.9 Å². The molecule has 5 heterocycles. The Hall–Kier alpha value is -4.16. The minimum Gasteiger partial charge on any atom is -0.479 e. The van der Waals surface area contributed by atoms with Crippen molar-refractivity contribution >= 4 is 23.2 Å². The number of carboxylic acid groups (broad SMARTS) is 1. The topological polar surface area (TPSA) is 146 Å². The number of carboxylic acids is 1. The van der Waals surface area contributed by atoms with Crippen LogP contribution < -0.4 is 5.32 Å². The lowest BCUT2D eigenvalue weighted by atomic mass is 9.89. The summed E-state index contributed by atoms with van der Waals surface area (Å²) < 4.78 is 13.9. The van der Waals surface area contributed by atoms with Gasteiger partial charge in [0.1, 0.15) is 11.5 Å². The quantitative estimate of drug-likeness (QED) is 0.252. The van der Waals surface area contributed by atoms with Crippen LogP contribution in [0, 0.1) is 0 Å². The Bertz CT molecular complexity index is 1510. The second kappa shape index (κ2) is 11.9. The van der Waals surface area contributed by atoms with Gasteiger partial charge in [0.15, 0.2) is 17.5 Å². The predicted molar refractivity (Wildman–Crippen MR) is 147 cm³/mol. The molecule has 1 aliphatic heterocycles. The zero-order valence-electron chi connectivity index (χ0n) is 22.8. The molecule has 210 valence electrons. The molecule has 0 spiro atoms. The van der Waals surface area contributed by atoms with Gasteiger partial charge in [0.2, 0.25) is 0 Å². The molecule has 0 saturated carbocycles. The fourth-order valence-corrected chi connectivity index (χ4v) is 5.06. The van der Waals surface area contributed by atoms with Crippen molar-refractivity contribution in [1.29, 1.82) is 0 Å². The van der Waals surface area contributed by atoms with E-state index in [0.29, 0.717) is 55.1 Å². The van der Waals surface area contributed by atoms with Crippen LogP contribution in [0.2, 0.25) is 0 Å². The Labute approximate surface area is 231 Å². The molecule has 0 bridgehead atoms. The lowest BCUT2D eigenvalue weighted by molar-refractivity contribution is -0.151. The van der Waals surface area contributed by atoms with Crippen LogP contribution in [0.3, 0.4) is 0 Å². The van der Waals surface area contributed by atoms with E-state index in [-0.39, 0.29) is 24.7 Å². The Kier molecular flexibility index (Phi) is 8.17. The number of methoxy groups -OCH3 is 1. The van der Waals surface area contributed by atoms with Crippen molar-refractivity contribution in [2.45, 2.75) is 44.6 Å². The standard InChI is InChI=1S/C28H33N7O5/c1-4-17(6-8-23(28(37)38)40-14-13-39-3)25-24-22(36)9-11-29-27(24)35-26(32-25)19(16-31-35)18-5-7-20(30-15-18)21-10-12-34(2)33-21/h5,7,10,12,15-17,23,29H,4,6,8-9,11,13-14H2,1-3H3,(H,37,38)/t17?,23-/m0/s1. The summed E-state index contributed by atoms with van der Waals surface area (Å²) in [4.78, 5) is 34.6. The third kappa shape index (κ3) is 5.45. The molecule has 0 fully saturated rings. The molecular formula is C28H33N7O5. The summed E-state index contributed by atoms with van der Waals surface area (Å²) in [6, 6.07) is 5.77. The van der Waals surface area contributed by atoms with Crippen LogP contribution in [0.25, 0.3) is 28.2 Å². The number of pyridine rings is 1. The maximum Gasteiger partial charge on any atom is 0.332 e. The average Bonchev–Trinajstić information content (AvgIpc) is 3.59. The zero-order valence-corrected chi connectivity index (χ0v) is 22.8. The third-order valence-corrected chi connectivity index (χ3v) is 7.19. The summed E-state index contributed by atoms with van der Waals surface area (Å²) >= 11 is 0. The Morgan fingerprint density at radius 3 is 2.70 bits per heavy atom. The number of anilines is 1. The average molecular weight is 548 g/mol. The maximum atomic E-state index is 13.2. The molecule has 4 aromatic rings.